The van der Waals surface area contributed by atoms with E-state index in [4.69, 9.17) is 0 Å². The summed E-state index contributed by atoms with van der Waals surface area (Å²) < 4.78 is 10.5. The van der Waals surface area contributed by atoms with Gasteiger partial charge in [0.25, 0.3) is 0 Å². The fourth-order valence-electron chi connectivity index (χ4n) is 12.5. The van der Waals surface area contributed by atoms with Crippen LogP contribution in [0, 0.1) is 34.6 Å². The van der Waals surface area contributed by atoms with Crippen LogP contribution in [0.25, 0.3) is 77.3 Å². The van der Waals surface area contributed by atoms with Crippen molar-refractivity contribution in [3.63, 3.8) is 0 Å². The van der Waals surface area contributed by atoms with Crippen molar-refractivity contribution in [3.05, 3.63) is 192 Å². The summed E-state index contributed by atoms with van der Waals surface area (Å²) in [6.45, 7) is 11.6. The molecular formula is C57H42B2N4. The van der Waals surface area contributed by atoms with E-state index in [2.05, 4.69) is 216 Å². The van der Waals surface area contributed by atoms with Gasteiger partial charge in [-0.15, -0.1) is 0 Å². The van der Waals surface area contributed by atoms with Crippen LogP contribution in [0.4, 0.5) is 0 Å². The first-order valence-electron chi connectivity index (χ1n) is 22.4. The summed E-state index contributed by atoms with van der Waals surface area (Å²) in [4.78, 5) is 0. The van der Waals surface area contributed by atoms with Crippen LogP contribution in [0.2, 0.25) is 0 Å². The number of hydrogen-bond donors (Lipinski definition) is 0. The summed E-state index contributed by atoms with van der Waals surface area (Å²) in [5.74, 6) is 0. The van der Waals surface area contributed by atoms with E-state index in [1.54, 1.807) is 0 Å². The molecular weight excluding hydrogens is 762 g/mol. The van der Waals surface area contributed by atoms with Gasteiger partial charge in [0.05, 0.1) is 33.1 Å². The Labute approximate surface area is 366 Å². The Morgan fingerprint density at radius 1 is 0.333 bits per heavy atom. The maximum Gasteiger partial charge on any atom is 0.250 e. The molecule has 0 N–H and O–H groups in total. The average Bonchev–Trinajstić information content (AvgIpc) is 3.90. The van der Waals surface area contributed by atoms with Crippen molar-refractivity contribution in [1.82, 2.24) is 17.9 Å². The largest absolute Gasteiger partial charge is 0.309 e. The smallest absolute Gasteiger partial charge is 0.250 e. The van der Waals surface area contributed by atoms with E-state index in [1.807, 2.05) is 0 Å². The number of fused-ring (bicyclic) bond motifs is 12. The fraction of sp³-hybridized carbons (Fsp3) is 0.0877. The molecule has 296 valence electrons. The highest BCUT2D eigenvalue weighted by Gasteiger charge is 2.45. The van der Waals surface area contributed by atoms with E-state index in [0.717, 1.165) is 5.69 Å². The maximum atomic E-state index is 2.72. The second-order valence-electron chi connectivity index (χ2n) is 18.3. The summed E-state index contributed by atoms with van der Waals surface area (Å²) in [6.07, 6.45) is 0. The van der Waals surface area contributed by atoms with Gasteiger partial charge < -0.3 is 4.57 Å². The first-order chi connectivity index (χ1) is 30.9. The van der Waals surface area contributed by atoms with Gasteiger partial charge in [0.1, 0.15) is 11.3 Å². The molecule has 12 aromatic rings. The zero-order valence-corrected chi connectivity index (χ0v) is 36.0. The van der Waals surface area contributed by atoms with Crippen LogP contribution in [0.15, 0.2) is 164 Å². The summed E-state index contributed by atoms with van der Waals surface area (Å²) in [5, 5.41) is 5.09. The Morgan fingerprint density at radius 3 is 1.33 bits per heavy atom. The lowest BCUT2D eigenvalue weighted by Gasteiger charge is -2.35. The topological polar surface area (TPSA) is 18.7 Å². The summed E-state index contributed by atoms with van der Waals surface area (Å²) in [5.41, 5.74) is 27.1. The van der Waals surface area contributed by atoms with Gasteiger partial charge in [0.15, 0.2) is 0 Å². The van der Waals surface area contributed by atoms with Gasteiger partial charge in [0.2, 0.25) is 13.4 Å². The molecule has 4 aromatic heterocycles. The fourth-order valence-corrected chi connectivity index (χ4v) is 12.5. The number of nitrogens with zero attached hydrogens (tertiary/aromatic N) is 4. The van der Waals surface area contributed by atoms with Crippen LogP contribution in [0.5, 0.6) is 0 Å². The van der Waals surface area contributed by atoms with Crippen molar-refractivity contribution >= 4 is 112 Å². The molecule has 6 heterocycles. The molecule has 6 heteroatoms. The van der Waals surface area contributed by atoms with Crippen LogP contribution in [-0.4, -0.2) is 31.4 Å². The van der Waals surface area contributed by atoms with Crippen molar-refractivity contribution in [2.24, 2.45) is 0 Å². The molecule has 4 nitrogen and oxygen atoms in total. The Kier molecular flexibility index (Phi) is 6.90. The van der Waals surface area contributed by atoms with E-state index >= 15 is 0 Å². The number of aryl methyl sites for hydroxylation is 5. The SMILES string of the molecule is Cc1cc2c3c(c1)B(c1c(C)cccc1C)c1c4ccccc4n4c5cc6c(cc5n5c7ccccc7c(c5n-3c14)B2c1c(C)cccc1C)c1ccccc1n6-c1ccccc1. The standard InChI is InChI=1S/C57H42B2N4/c1-33-29-43-55-44(30-33)59(52-36(4)19-16-20-37(52)5)54-41-25-11-14-28-47(41)62-50-32-48-42(39-23-9-12-26-45(39)60(48)38-21-7-6-8-22-38)31-49(50)61-46-27-13-10-24-40(46)53(56(61)63(55)57(54)62)58(43)51-34(2)17-15-18-35(51)3/h6-32H,1-5H3. The van der Waals surface area contributed by atoms with Crippen molar-refractivity contribution in [1.29, 1.82) is 0 Å². The van der Waals surface area contributed by atoms with Gasteiger partial charge in [-0.25, -0.2) is 0 Å². The molecule has 0 amide bonds. The Balaban J connectivity index is 1.34. The van der Waals surface area contributed by atoms with E-state index in [0.29, 0.717) is 0 Å². The number of benzene rings is 8. The first kappa shape index (κ1) is 35.2. The Morgan fingerprint density at radius 2 is 0.794 bits per heavy atom. The second kappa shape index (κ2) is 12.4. The third-order valence-electron chi connectivity index (χ3n) is 14.9. The molecule has 0 atom stereocenters. The summed E-state index contributed by atoms with van der Waals surface area (Å²) in [6, 6.07) is 62.0. The number of hydrogen-bond acceptors (Lipinski definition) is 0. The summed E-state index contributed by atoms with van der Waals surface area (Å²) in [7, 11) is 0. The van der Waals surface area contributed by atoms with Crippen LogP contribution < -0.4 is 32.8 Å². The molecule has 0 spiro atoms. The van der Waals surface area contributed by atoms with Crippen LogP contribution in [0.1, 0.15) is 27.8 Å². The average molecular weight is 805 g/mol. The highest BCUT2D eigenvalue weighted by molar-refractivity contribution is 7.03. The Bertz CT molecular complexity index is 3990. The van der Waals surface area contributed by atoms with E-state index in [-0.39, 0.29) is 13.4 Å². The van der Waals surface area contributed by atoms with Crippen molar-refractivity contribution in [2.75, 3.05) is 0 Å². The normalized spacial score (nSPS) is 13.1. The molecule has 0 saturated carbocycles. The molecule has 0 unspecified atom stereocenters. The molecule has 0 radical (unpaired) electrons. The highest BCUT2D eigenvalue weighted by Crippen LogP contribution is 2.39. The Hall–Kier alpha value is -7.43. The number of aromatic nitrogens is 4. The van der Waals surface area contributed by atoms with Gasteiger partial charge in [-0.05, 0) is 110 Å². The van der Waals surface area contributed by atoms with E-state index in [1.165, 1.54) is 132 Å². The molecule has 0 fully saturated rings. The van der Waals surface area contributed by atoms with Gasteiger partial charge in [-0.3, -0.25) is 13.4 Å². The minimum atomic E-state index is 0.0105. The van der Waals surface area contributed by atoms with Crippen LogP contribution in [-0.2, 0) is 0 Å². The van der Waals surface area contributed by atoms with Crippen LogP contribution >= 0.6 is 0 Å². The van der Waals surface area contributed by atoms with Crippen molar-refractivity contribution < 1.29 is 0 Å². The molecule has 2 aliphatic rings. The van der Waals surface area contributed by atoms with Crippen molar-refractivity contribution in [3.8, 4) is 11.4 Å². The minimum Gasteiger partial charge on any atom is -0.309 e. The molecule has 14 rings (SSSR count). The third kappa shape index (κ3) is 4.38. The monoisotopic (exact) mass is 804 g/mol. The maximum absolute atomic E-state index is 2.72. The van der Waals surface area contributed by atoms with E-state index < -0.39 is 0 Å². The lowest BCUT2D eigenvalue weighted by molar-refractivity contribution is 1.09. The number of para-hydroxylation sites is 4. The van der Waals surface area contributed by atoms with Crippen LogP contribution in [0.3, 0.4) is 0 Å². The highest BCUT2D eigenvalue weighted by atomic mass is 15.2. The first-order valence-corrected chi connectivity index (χ1v) is 22.4. The van der Waals surface area contributed by atoms with Gasteiger partial charge in [0, 0.05) is 22.1 Å². The molecule has 8 aromatic carbocycles. The molecule has 0 saturated heterocycles. The summed E-state index contributed by atoms with van der Waals surface area (Å²) >= 11 is 0. The number of rotatable bonds is 3. The molecule has 0 aliphatic carbocycles. The molecule has 2 aliphatic heterocycles. The zero-order chi connectivity index (χ0) is 42.0. The minimum absolute atomic E-state index is 0.0105. The quantitative estimate of drug-likeness (QED) is 0.159. The van der Waals surface area contributed by atoms with Gasteiger partial charge >= 0.3 is 0 Å². The lowest BCUT2D eigenvalue weighted by Crippen LogP contribution is -2.64. The zero-order valence-electron chi connectivity index (χ0n) is 36.0. The van der Waals surface area contributed by atoms with E-state index in [9.17, 15) is 0 Å². The second-order valence-corrected chi connectivity index (χ2v) is 18.3. The molecule has 0 bridgehead atoms. The van der Waals surface area contributed by atoms with Gasteiger partial charge in [-0.2, -0.15) is 0 Å². The van der Waals surface area contributed by atoms with Gasteiger partial charge in [-0.1, -0.05) is 160 Å². The molecule has 63 heavy (non-hydrogen) atoms. The predicted octanol–water partition coefficient (Wildman–Crippen LogP) is 9.30. The lowest BCUT2D eigenvalue weighted by atomic mass is 9.30. The van der Waals surface area contributed by atoms with Crippen molar-refractivity contribution in [2.45, 2.75) is 34.6 Å². The third-order valence-corrected chi connectivity index (χ3v) is 14.9. The predicted molar refractivity (Wildman–Crippen MR) is 269 cm³/mol.